The van der Waals surface area contributed by atoms with Crippen LogP contribution in [0.4, 0.5) is 0 Å². The van der Waals surface area contributed by atoms with E-state index in [0.29, 0.717) is 0 Å². The van der Waals surface area contributed by atoms with Crippen molar-refractivity contribution < 1.29 is 0 Å². The van der Waals surface area contributed by atoms with Crippen LogP contribution < -0.4 is 5.32 Å². The van der Waals surface area contributed by atoms with Crippen molar-refractivity contribution in [3.8, 4) is 12.3 Å². The molecule has 1 aromatic rings. The van der Waals surface area contributed by atoms with Gasteiger partial charge < -0.3 is 0 Å². The minimum absolute atomic E-state index is 0.246. The van der Waals surface area contributed by atoms with Gasteiger partial charge in [0.05, 0.1) is 5.54 Å². The van der Waals surface area contributed by atoms with Crippen LogP contribution in [0, 0.1) is 33.1 Å². The number of terminal acetylenes is 1. The van der Waals surface area contributed by atoms with E-state index in [1.807, 2.05) is 13.8 Å². The second-order valence-electron chi connectivity index (χ2n) is 5.00. The standard InChI is InChI=1S/C15H21N/c1-7-15(5,6)16-10-14-12(3)8-11(2)9-13(14)4/h1,8-9,16H,10H2,2-6H3. The van der Waals surface area contributed by atoms with Crippen LogP contribution in [0.25, 0.3) is 0 Å². The average molecular weight is 215 g/mol. The van der Waals surface area contributed by atoms with E-state index in [9.17, 15) is 0 Å². The van der Waals surface area contributed by atoms with Gasteiger partial charge in [-0.05, 0) is 51.3 Å². The van der Waals surface area contributed by atoms with Gasteiger partial charge in [0.25, 0.3) is 0 Å². The summed E-state index contributed by atoms with van der Waals surface area (Å²) in [5, 5.41) is 3.39. The fourth-order valence-electron chi connectivity index (χ4n) is 1.85. The minimum Gasteiger partial charge on any atom is -0.297 e. The number of rotatable bonds is 3. The summed E-state index contributed by atoms with van der Waals surface area (Å²) < 4.78 is 0. The molecule has 0 saturated heterocycles. The largest absolute Gasteiger partial charge is 0.297 e. The quantitative estimate of drug-likeness (QED) is 0.764. The van der Waals surface area contributed by atoms with Gasteiger partial charge in [-0.15, -0.1) is 6.42 Å². The molecular formula is C15H21N. The van der Waals surface area contributed by atoms with Crippen LogP contribution in [-0.2, 0) is 6.54 Å². The lowest BCUT2D eigenvalue weighted by Crippen LogP contribution is -2.37. The van der Waals surface area contributed by atoms with Crippen molar-refractivity contribution >= 4 is 0 Å². The fraction of sp³-hybridized carbons (Fsp3) is 0.467. The molecule has 0 amide bonds. The van der Waals surface area contributed by atoms with E-state index in [0.717, 1.165) is 6.54 Å². The fourth-order valence-corrected chi connectivity index (χ4v) is 1.85. The van der Waals surface area contributed by atoms with Gasteiger partial charge in [-0.3, -0.25) is 5.32 Å². The third kappa shape index (κ3) is 3.12. The van der Waals surface area contributed by atoms with E-state index >= 15 is 0 Å². The summed E-state index contributed by atoms with van der Waals surface area (Å²) in [6, 6.07) is 4.43. The molecule has 0 saturated carbocycles. The lowest BCUT2D eigenvalue weighted by Gasteiger charge is -2.21. The predicted molar refractivity (Wildman–Crippen MR) is 70.4 cm³/mol. The number of hydrogen-bond acceptors (Lipinski definition) is 1. The Kier molecular flexibility index (Phi) is 3.78. The smallest absolute Gasteiger partial charge is 0.0743 e. The maximum Gasteiger partial charge on any atom is 0.0743 e. The summed E-state index contributed by atoms with van der Waals surface area (Å²) >= 11 is 0. The van der Waals surface area contributed by atoms with Crippen LogP contribution in [-0.4, -0.2) is 5.54 Å². The van der Waals surface area contributed by atoms with E-state index in [-0.39, 0.29) is 5.54 Å². The van der Waals surface area contributed by atoms with Crippen molar-refractivity contribution in [1.82, 2.24) is 5.32 Å². The van der Waals surface area contributed by atoms with E-state index < -0.39 is 0 Å². The highest BCUT2D eigenvalue weighted by molar-refractivity contribution is 5.37. The zero-order valence-corrected chi connectivity index (χ0v) is 10.9. The normalized spacial score (nSPS) is 11.2. The third-order valence-corrected chi connectivity index (χ3v) is 2.91. The SMILES string of the molecule is C#CC(C)(C)NCc1c(C)cc(C)cc1C. The maximum atomic E-state index is 5.46. The van der Waals surface area contributed by atoms with Crippen molar-refractivity contribution in [1.29, 1.82) is 0 Å². The Morgan fingerprint density at radius 2 is 1.69 bits per heavy atom. The topological polar surface area (TPSA) is 12.0 Å². The van der Waals surface area contributed by atoms with Gasteiger partial charge in [-0.25, -0.2) is 0 Å². The van der Waals surface area contributed by atoms with Gasteiger partial charge in [0.2, 0.25) is 0 Å². The van der Waals surface area contributed by atoms with Crippen molar-refractivity contribution in [2.45, 2.75) is 46.7 Å². The highest BCUT2D eigenvalue weighted by atomic mass is 14.9. The summed E-state index contributed by atoms with van der Waals surface area (Å²) in [5.41, 5.74) is 5.09. The Labute approximate surface area is 99.3 Å². The van der Waals surface area contributed by atoms with Crippen molar-refractivity contribution in [2.24, 2.45) is 0 Å². The molecule has 1 rings (SSSR count). The molecule has 0 heterocycles. The van der Waals surface area contributed by atoms with Crippen LogP contribution in [0.2, 0.25) is 0 Å². The van der Waals surface area contributed by atoms with Crippen LogP contribution in [0.15, 0.2) is 12.1 Å². The molecule has 16 heavy (non-hydrogen) atoms. The molecular weight excluding hydrogens is 194 g/mol. The molecule has 0 aliphatic heterocycles. The molecule has 0 unspecified atom stereocenters. The Balaban J connectivity index is 2.87. The van der Waals surface area contributed by atoms with Gasteiger partial charge in [-0.2, -0.15) is 0 Å². The molecule has 0 aliphatic carbocycles. The zero-order valence-electron chi connectivity index (χ0n) is 10.9. The molecule has 1 heteroatoms. The molecule has 0 aliphatic rings. The van der Waals surface area contributed by atoms with E-state index in [2.05, 4.69) is 44.1 Å². The van der Waals surface area contributed by atoms with Crippen LogP contribution in [0.3, 0.4) is 0 Å². The predicted octanol–water partition coefficient (Wildman–Crippen LogP) is 3.11. The second kappa shape index (κ2) is 4.72. The number of nitrogens with one attached hydrogen (secondary N) is 1. The molecule has 0 atom stereocenters. The van der Waals surface area contributed by atoms with E-state index in [1.165, 1.54) is 22.3 Å². The molecule has 0 bridgehead atoms. The maximum absolute atomic E-state index is 5.46. The molecule has 0 fully saturated rings. The van der Waals surface area contributed by atoms with Gasteiger partial charge in [0.15, 0.2) is 0 Å². The van der Waals surface area contributed by atoms with Crippen LogP contribution in [0.5, 0.6) is 0 Å². The minimum atomic E-state index is -0.246. The Hall–Kier alpha value is -1.26. The summed E-state index contributed by atoms with van der Waals surface area (Å²) in [4.78, 5) is 0. The highest BCUT2D eigenvalue weighted by Gasteiger charge is 2.13. The van der Waals surface area contributed by atoms with Crippen molar-refractivity contribution in [2.75, 3.05) is 0 Å². The number of benzene rings is 1. The lowest BCUT2D eigenvalue weighted by molar-refractivity contribution is 0.489. The Morgan fingerprint density at radius 3 is 2.12 bits per heavy atom. The first-order valence-electron chi connectivity index (χ1n) is 5.65. The third-order valence-electron chi connectivity index (χ3n) is 2.91. The van der Waals surface area contributed by atoms with Crippen LogP contribution >= 0.6 is 0 Å². The second-order valence-corrected chi connectivity index (χ2v) is 5.00. The van der Waals surface area contributed by atoms with Gasteiger partial charge in [0, 0.05) is 6.54 Å². The van der Waals surface area contributed by atoms with Crippen molar-refractivity contribution in [3.63, 3.8) is 0 Å². The first-order valence-corrected chi connectivity index (χ1v) is 5.65. The molecule has 0 spiro atoms. The molecule has 1 nitrogen and oxygen atoms in total. The first-order chi connectivity index (χ1) is 7.35. The van der Waals surface area contributed by atoms with E-state index in [1.54, 1.807) is 0 Å². The monoisotopic (exact) mass is 215 g/mol. The molecule has 0 aromatic heterocycles. The van der Waals surface area contributed by atoms with Crippen molar-refractivity contribution in [3.05, 3.63) is 34.4 Å². The molecule has 1 aromatic carbocycles. The summed E-state index contributed by atoms with van der Waals surface area (Å²) in [7, 11) is 0. The highest BCUT2D eigenvalue weighted by Crippen LogP contribution is 2.17. The number of aryl methyl sites for hydroxylation is 3. The lowest BCUT2D eigenvalue weighted by atomic mass is 9.98. The van der Waals surface area contributed by atoms with E-state index in [4.69, 9.17) is 6.42 Å². The molecule has 86 valence electrons. The summed E-state index contributed by atoms with van der Waals surface area (Å²) in [5.74, 6) is 2.75. The van der Waals surface area contributed by atoms with Crippen LogP contribution in [0.1, 0.15) is 36.1 Å². The number of hydrogen-bond donors (Lipinski definition) is 1. The molecule has 1 N–H and O–H groups in total. The average Bonchev–Trinajstić information content (AvgIpc) is 2.16. The Morgan fingerprint density at radius 1 is 1.19 bits per heavy atom. The first kappa shape index (κ1) is 12.8. The van der Waals surface area contributed by atoms with Gasteiger partial charge in [0.1, 0.15) is 0 Å². The van der Waals surface area contributed by atoms with Gasteiger partial charge >= 0.3 is 0 Å². The summed E-state index contributed by atoms with van der Waals surface area (Å²) in [6.07, 6.45) is 5.46. The Bertz CT molecular complexity index is 399. The molecule has 0 radical (unpaired) electrons. The zero-order chi connectivity index (χ0) is 12.3. The van der Waals surface area contributed by atoms with Gasteiger partial charge in [-0.1, -0.05) is 23.6 Å². The summed E-state index contributed by atoms with van der Waals surface area (Å²) in [6.45, 7) is 11.3.